The lowest BCUT2D eigenvalue weighted by Crippen LogP contribution is -2.00. The van der Waals surface area contributed by atoms with Gasteiger partial charge in [-0.3, -0.25) is 0 Å². The molecule has 0 aliphatic heterocycles. The van der Waals surface area contributed by atoms with E-state index in [1.165, 1.54) is 5.56 Å². The number of fused-ring (bicyclic) bond motifs is 1. The first-order valence-electron chi connectivity index (χ1n) is 5.66. The van der Waals surface area contributed by atoms with E-state index in [-0.39, 0.29) is 5.75 Å². The molecule has 1 aromatic carbocycles. The van der Waals surface area contributed by atoms with Crippen LogP contribution in [0.1, 0.15) is 25.1 Å². The van der Waals surface area contributed by atoms with Gasteiger partial charge in [-0.05, 0) is 37.0 Å². The summed E-state index contributed by atoms with van der Waals surface area (Å²) in [5.41, 5.74) is 3.00. The summed E-state index contributed by atoms with van der Waals surface area (Å²) in [6, 6.07) is 7.61. The number of rotatable bonds is 2. The molecule has 0 aliphatic carbocycles. The lowest BCUT2D eigenvalue weighted by Gasteiger charge is -2.10. The molecule has 0 bridgehead atoms. The maximum atomic E-state index is 9.76. The Balaban J connectivity index is 2.60. The normalized spacial score (nSPS) is 11.2. The number of benzene rings is 1. The molecule has 84 valence electrons. The number of para-hydroxylation sites is 1. The maximum Gasteiger partial charge on any atom is 0.141 e. The molecule has 2 aromatic rings. The van der Waals surface area contributed by atoms with E-state index in [4.69, 9.17) is 0 Å². The summed E-state index contributed by atoms with van der Waals surface area (Å²) in [4.78, 5) is 4.56. The summed E-state index contributed by atoms with van der Waals surface area (Å²) in [6.07, 6.45) is 0.954. The standard InChI is InChI=1S/C14H17NO/c1-9(2)7-12-10(3)8-11-5-4-6-13(16)14(11)15-12/h4-6,8-9,16H,7H2,1-3H3. The Labute approximate surface area is 96.0 Å². The maximum absolute atomic E-state index is 9.76. The van der Waals surface area contributed by atoms with E-state index in [0.717, 1.165) is 17.5 Å². The first kappa shape index (κ1) is 10.9. The Morgan fingerprint density at radius 2 is 2.06 bits per heavy atom. The van der Waals surface area contributed by atoms with Crippen LogP contribution < -0.4 is 0 Å². The topological polar surface area (TPSA) is 33.1 Å². The molecular formula is C14H17NO. The molecule has 0 saturated heterocycles. The molecular weight excluding hydrogens is 198 g/mol. The molecule has 0 radical (unpaired) electrons. The summed E-state index contributed by atoms with van der Waals surface area (Å²) in [7, 11) is 0. The summed E-state index contributed by atoms with van der Waals surface area (Å²) < 4.78 is 0. The Morgan fingerprint density at radius 3 is 2.75 bits per heavy atom. The van der Waals surface area contributed by atoms with Crippen LogP contribution in [0.4, 0.5) is 0 Å². The fourth-order valence-electron chi connectivity index (χ4n) is 1.92. The van der Waals surface area contributed by atoms with Crippen molar-refractivity contribution in [1.29, 1.82) is 0 Å². The highest BCUT2D eigenvalue weighted by Gasteiger charge is 2.07. The van der Waals surface area contributed by atoms with E-state index in [1.807, 2.05) is 12.1 Å². The van der Waals surface area contributed by atoms with Crippen LogP contribution in [-0.2, 0) is 6.42 Å². The molecule has 1 aromatic heterocycles. The van der Waals surface area contributed by atoms with Gasteiger partial charge in [-0.15, -0.1) is 0 Å². The fourth-order valence-corrected chi connectivity index (χ4v) is 1.92. The first-order valence-corrected chi connectivity index (χ1v) is 5.66. The van der Waals surface area contributed by atoms with E-state index in [9.17, 15) is 5.11 Å². The minimum atomic E-state index is 0.266. The van der Waals surface area contributed by atoms with Crippen LogP contribution in [0, 0.1) is 12.8 Å². The van der Waals surface area contributed by atoms with Crippen molar-refractivity contribution in [2.45, 2.75) is 27.2 Å². The van der Waals surface area contributed by atoms with E-state index < -0.39 is 0 Å². The van der Waals surface area contributed by atoms with Crippen molar-refractivity contribution < 1.29 is 5.11 Å². The number of hydrogen-bond acceptors (Lipinski definition) is 2. The third-order valence-electron chi connectivity index (χ3n) is 2.72. The number of aromatic hydroxyl groups is 1. The van der Waals surface area contributed by atoms with Crippen LogP contribution in [0.25, 0.3) is 10.9 Å². The average molecular weight is 215 g/mol. The van der Waals surface area contributed by atoms with Crippen LogP contribution in [0.2, 0.25) is 0 Å². The van der Waals surface area contributed by atoms with Gasteiger partial charge in [0.2, 0.25) is 0 Å². The zero-order valence-electron chi connectivity index (χ0n) is 9.99. The van der Waals surface area contributed by atoms with E-state index in [1.54, 1.807) is 6.07 Å². The number of aryl methyl sites for hydroxylation is 1. The van der Waals surface area contributed by atoms with Gasteiger partial charge in [0.1, 0.15) is 11.3 Å². The fraction of sp³-hybridized carbons (Fsp3) is 0.357. The van der Waals surface area contributed by atoms with Gasteiger partial charge < -0.3 is 5.11 Å². The predicted molar refractivity (Wildman–Crippen MR) is 66.7 cm³/mol. The minimum absolute atomic E-state index is 0.266. The lowest BCUT2D eigenvalue weighted by atomic mass is 10.0. The van der Waals surface area contributed by atoms with E-state index >= 15 is 0 Å². The van der Waals surface area contributed by atoms with Gasteiger partial charge in [-0.1, -0.05) is 26.0 Å². The smallest absolute Gasteiger partial charge is 0.141 e. The quantitative estimate of drug-likeness (QED) is 0.832. The molecule has 0 aliphatic rings. The van der Waals surface area contributed by atoms with E-state index in [0.29, 0.717) is 11.4 Å². The third kappa shape index (κ3) is 2.01. The number of phenols is 1. The van der Waals surface area contributed by atoms with Gasteiger partial charge in [-0.25, -0.2) is 4.98 Å². The molecule has 2 rings (SSSR count). The summed E-state index contributed by atoms with van der Waals surface area (Å²) in [5, 5.41) is 10.8. The monoisotopic (exact) mass is 215 g/mol. The van der Waals surface area contributed by atoms with Crippen molar-refractivity contribution in [1.82, 2.24) is 4.98 Å². The van der Waals surface area contributed by atoms with Crippen LogP contribution in [-0.4, -0.2) is 10.1 Å². The molecule has 2 nitrogen and oxygen atoms in total. The SMILES string of the molecule is Cc1cc2cccc(O)c2nc1CC(C)C. The number of pyridine rings is 1. The van der Waals surface area contributed by atoms with Gasteiger partial charge in [0, 0.05) is 11.1 Å². The minimum Gasteiger partial charge on any atom is -0.506 e. The number of nitrogens with zero attached hydrogens (tertiary/aromatic N) is 1. The first-order chi connectivity index (χ1) is 7.58. The van der Waals surface area contributed by atoms with E-state index in [2.05, 4.69) is 31.8 Å². The lowest BCUT2D eigenvalue weighted by molar-refractivity contribution is 0.480. The largest absolute Gasteiger partial charge is 0.506 e. The molecule has 0 amide bonds. The second-order valence-corrected chi connectivity index (χ2v) is 4.70. The van der Waals surface area contributed by atoms with Crippen LogP contribution >= 0.6 is 0 Å². The molecule has 2 heteroatoms. The highest BCUT2D eigenvalue weighted by Crippen LogP contribution is 2.25. The Hall–Kier alpha value is -1.57. The van der Waals surface area contributed by atoms with Crippen LogP contribution in [0.3, 0.4) is 0 Å². The van der Waals surface area contributed by atoms with Crippen molar-refractivity contribution in [2.75, 3.05) is 0 Å². The number of phenolic OH excluding ortho intramolecular Hbond substituents is 1. The van der Waals surface area contributed by atoms with Crippen molar-refractivity contribution in [3.8, 4) is 5.75 Å². The summed E-state index contributed by atoms with van der Waals surface area (Å²) >= 11 is 0. The number of aromatic nitrogens is 1. The highest BCUT2D eigenvalue weighted by atomic mass is 16.3. The molecule has 16 heavy (non-hydrogen) atoms. The predicted octanol–water partition coefficient (Wildman–Crippen LogP) is 3.45. The van der Waals surface area contributed by atoms with Gasteiger partial charge >= 0.3 is 0 Å². The molecule has 0 atom stereocenters. The zero-order chi connectivity index (χ0) is 11.7. The Morgan fingerprint density at radius 1 is 1.31 bits per heavy atom. The summed E-state index contributed by atoms with van der Waals surface area (Å²) in [5.74, 6) is 0.844. The highest BCUT2D eigenvalue weighted by molar-refractivity contribution is 5.84. The summed E-state index contributed by atoms with van der Waals surface area (Å²) in [6.45, 7) is 6.43. The van der Waals surface area contributed by atoms with Crippen LogP contribution in [0.5, 0.6) is 5.75 Å². The van der Waals surface area contributed by atoms with Crippen molar-refractivity contribution in [3.05, 3.63) is 35.5 Å². The van der Waals surface area contributed by atoms with Crippen molar-refractivity contribution in [3.63, 3.8) is 0 Å². The van der Waals surface area contributed by atoms with Crippen LogP contribution in [0.15, 0.2) is 24.3 Å². The van der Waals surface area contributed by atoms with Gasteiger partial charge in [-0.2, -0.15) is 0 Å². The third-order valence-corrected chi connectivity index (χ3v) is 2.72. The number of hydrogen-bond donors (Lipinski definition) is 1. The van der Waals surface area contributed by atoms with Gasteiger partial charge in [0.25, 0.3) is 0 Å². The molecule has 0 saturated carbocycles. The average Bonchev–Trinajstić information content (AvgIpc) is 2.20. The van der Waals surface area contributed by atoms with Gasteiger partial charge in [0.05, 0.1) is 0 Å². The second kappa shape index (κ2) is 4.12. The van der Waals surface area contributed by atoms with Crippen molar-refractivity contribution >= 4 is 10.9 Å². The molecule has 0 spiro atoms. The Kier molecular flexibility index (Phi) is 2.82. The van der Waals surface area contributed by atoms with Crippen molar-refractivity contribution in [2.24, 2.45) is 5.92 Å². The molecule has 1 heterocycles. The van der Waals surface area contributed by atoms with Gasteiger partial charge in [0.15, 0.2) is 0 Å². The molecule has 0 unspecified atom stereocenters. The Bertz CT molecular complexity index is 517. The second-order valence-electron chi connectivity index (χ2n) is 4.70. The molecule has 1 N–H and O–H groups in total. The zero-order valence-corrected chi connectivity index (χ0v) is 9.99. The molecule has 0 fully saturated rings.